The molecule has 16 heavy (non-hydrogen) atoms. The van der Waals surface area contributed by atoms with E-state index in [1.165, 1.54) is 19.3 Å². The van der Waals surface area contributed by atoms with Crippen molar-refractivity contribution in [3.8, 4) is 0 Å². The van der Waals surface area contributed by atoms with Crippen LogP contribution in [0.15, 0.2) is 0 Å². The van der Waals surface area contributed by atoms with Gasteiger partial charge in [0.15, 0.2) is 0 Å². The number of fused-ring (bicyclic) bond motifs is 2. The van der Waals surface area contributed by atoms with Crippen molar-refractivity contribution in [2.75, 3.05) is 19.8 Å². The van der Waals surface area contributed by atoms with E-state index in [0.717, 1.165) is 38.5 Å². The maximum absolute atomic E-state index is 11.9. The molecule has 0 radical (unpaired) electrons. The molecule has 2 aliphatic carbocycles. The molecule has 3 unspecified atom stereocenters. The van der Waals surface area contributed by atoms with Gasteiger partial charge in [0.1, 0.15) is 0 Å². The van der Waals surface area contributed by atoms with Crippen LogP contribution >= 0.6 is 0 Å². The Morgan fingerprint density at radius 3 is 2.88 bits per heavy atom. The first-order valence-electron chi connectivity index (χ1n) is 6.66. The maximum Gasteiger partial charge on any atom is 0.223 e. The fourth-order valence-corrected chi connectivity index (χ4v) is 3.23. The molecule has 1 amide bonds. The average Bonchev–Trinajstić information content (AvgIpc) is 2.90. The highest BCUT2D eigenvalue weighted by Gasteiger charge is 2.42. The predicted octanol–water partition coefficient (Wildman–Crippen LogP) is 1.97. The first-order valence-corrected chi connectivity index (χ1v) is 6.66. The molecule has 92 valence electrons. The molecule has 0 aromatic rings. The van der Waals surface area contributed by atoms with Crippen molar-refractivity contribution in [1.82, 2.24) is 5.32 Å². The number of carbonyl (C=O) groups is 1. The minimum Gasteiger partial charge on any atom is -0.382 e. The van der Waals surface area contributed by atoms with Crippen LogP contribution < -0.4 is 5.32 Å². The number of rotatable bonds is 6. The lowest BCUT2D eigenvalue weighted by atomic mass is 9.88. The van der Waals surface area contributed by atoms with Crippen LogP contribution in [0.3, 0.4) is 0 Å². The molecule has 0 aromatic carbocycles. The van der Waals surface area contributed by atoms with Crippen molar-refractivity contribution < 1.29 is 9.53 Å². The summed E-state index contributed by atoms with van der Waals surface area (Å²) < 4.78 is 5.24. The van der Waals surface area contributed by atoms with E-state index in [-0.39, 0.29) is 0 Å². The zero-order chi connectivity index (χ0) is 11.4. The van der Waals surface area contributed by atoms with Crippen LogP contribution in [0.4, 0.5) is 0 Å². The standard InChI is InChI=1S/C13H23NO2/c1-2-16-7-3-6-14-13(15)12-9-10-4-5-11(12)8-10/h10-12H,2-9H2,1H3,(H,14,15). The minimum absolute atomic E-state index is 0.295. The molecular weight excluding hydrogens is 202 g/mol. The van der Waals surface area contributed by atoms with Gasteiger partial charge in [-0.3, -0.25) is 4.79 Å². The Morgan fingerprint density at radius 1 is 1.38 bits per heavy atom. The number of carbonyl (C=O) groups excluding carboxylic acids is 1. The van der Waals surface area contributed by atoms with Crippen molar-refractivity contribution in [3.63, 3.8) is 0 Å². The summed E-state index contributed by atoms with van der Waals surface area (Å²) in [7, 11) is 0. The molecular formula is C13H23NO2. The first-order chi connectivity index (χ1) is 7.81. The topological polar surface area (TPSA) is 38.3 Å². The van der Waals surface area contributed by atoms with Gasteiger partial charge in [-0.05, 0) is 44.4 Å². The SMILES string of the molecule is CCOCCCNC(=O)C1CC2CCC1C2. The van der Waals surface area contributed by atoms with Gasteiger partial charge in [-0.15, -0.1) is 0 Å². The molecule has 2 bridgehead atoms. The third-order valence-corrected chi connectivity index (χ3v) is 4.04. The third-order valence-electron chi connectivity index (χ3n) is 4.04. The van der Waals surface area contributed by atoms with Crippen LogP contribution in [-0.2, 0) is 9.53 Å². The van der Waals surface area contributed by atoms with E-state index in [1.54, 1.807) is 0 Å². The Labute approximate surface area is 97.9 Å². The summed E-state index contributed by atoms with van der Waals surface area (Å²) in [5.41, 5.74) is 0. The zero-order valence-corrected chi connectivity index (χ0v) is 10.2. The van der Waals surface area contributed by atoms with Crippen molar-refractivity contribution in [2.24, 2.45) is 17.8 Å². The van der Waals surface area contributed by atoms with Gasteiger partial charge < -0.3 is 10.1 Å². The molecule has 2 aliphatic rings. The van der Waals surface area contributed by atoms with Gasteiger partial charge in [0.2, 0.25) is 5.91 Å². The van der Waals surface area contributed by atoms with E-state index in [1.807, 2.05) is 6.92 Å². The van der Waals surface area contributed by atoms with E-state index >= 15 is 0 Å². The minimum atomic E-state index is 0.295. The summed E-state index contributed by atoms with van der Waals surface area (Å²) in [6, 6.07) is 0. The Balaban J connectivity index is 1.61. The third kappa shape index (κ3) is 2.76. The summed E-state index contributed by atoms with van der Waals surface area (Å²) in [5, 5.41) is 3.05. The number of hydrogen-bond acceptors (Lipinski definition) is 2. The number of ether oxygens (including phenoxy) is 1. The molecule has 0 saturated heterocycles. The van der Waals surface area contributed by atoms with Gasteiger partial charge >= 0.3 is 0 Å². The molecule has 0 spiro atoms. The smallest absolute Gasteiger partial charge is 0.223 e. The van der Waals surface area contributed by atoms with Crippen molar-refractivity contribution in [3.05, 3.63) is 0 Å². The highest BCUT2D eigenvalue weighted by atomic mass is 16.5. The molecule has 3 atom stereocenters. The maximum atomic E-state index is 11.9. The molecule has 1 N–H and O–H groups in total. The lowest BCUT2D eigenvalue weighted by molar-refractivity contribution is -0.126. The summed E-state index contributed by atoms with van der Waals surface area (Å²) in [4.78, 5) is 11.9. The molecule has 3 nitrogen and oxygen atoms in total. The average molecular weight is 225 g/mol. The molecule has 0 aliphatic heterocycles. The van der Waals surface area contributed by atoms with Crippen LogP contribution in [0.5, 0.6) is 0 Å². The summed E-state index contributed by atoms with van der Waals surface area (Å²) in [5.74, 6) is 2.16. The quantitative estimate of drug-likeness (QED) is 0.702. The Bertz CT molecular complexity index is 242. The molecule has 3 heteroatoms. The predicted molar refractivity (Wildman–Crippen MR) is 63.1 cm³/mol. The number of amides is 1. The fourth-order valence-electron chi connectivity index (χ4n) is 3.23. The molecule has 0 aromatic heterocycles. The van der Waals surface area contributed by atoms with Gasteiger partial charge in [0.25, 0.3) is 0 Å². The van der Waals surface area contributed by atoms with Crippen LogP contribution in [0.1, 0.15) is 39.0 Å². The molecule has 0 heterocycles. The van der Waals surface area contributed by atoms with Crippen molar-refractivity contribution >= 4 is 5.91 Å². The van der Waals surface area contributed by atoms with E-state index < -0.39 is 0 Å². The highest BCUT2D eigenvalue weighted by molar-refractivity contribution is 5.79. The molecule has 2 rings (SSSR count). The van der Waals surface area contributed by atoms with Gasteiger partial charge in [-0.25, -0.2) is 0 Å². The number of nitrogens with one attached hydrogen (secondary N) is 1. The lowest BCUT2D eigenvalue weighted by Crippen LogP contribution is -2.34. The second-order valence-electron chi connectivity index (χ2n) is 5.12. The number of hydrogen-bond donors (Lipinski definition) is 1. The Kier molecular flexibility index (Phi) is 4.22. The molecule has 2 fully saturated rings. The van der Waals surface area contributed by atoms with E-state index in [0.29, 0.717) is 17.7 Å². The van der Waals surface area contributed by atoms with E-state index in [2.05, 4.69) is 5.32 Å². The Morgan fingerprint density at radius 2 is 2.25 bits per heavy atom. The Hall–Kier alpha value is -0.570. The van der Waals surface area contributed by atoms with Crippen LogP contribution in [0.25, 0.3) is 0 Å². The van der Waals surface area contributed by atoms with Gasteiger partial charge in [-0.2, -0.15) is 0 Å². The first kappa shape index (κ1) is 11.9. The summed E-state index contributed by atoms with van der Waals surface area (Å²) in [6.07, 6.45) is 6.01. The van der Waals surface area contributed by atoms with Gasteiger partial charge in [0, 0.05) is 25.7 Å². The van der Waals surface area contributed by atoms with Crippen molar-refractivity contribution in [2.45, 2.75) is 39.0 Å². The largest absolute Gasteiger partial charge is 0.382 e. The normalized spacial score (nSPS) is 31.9. The summed E-state index contributed by atoms with van der Waals surface area (Å²) in [6.45, 7) is 4.29. The molecule has 2 saturated carbocycles. The van der Waals surface area contributed by atoms with Crippen LogP contribution in [0.2, 0.25) is 0 Å². The van der Waals surface area contributed by atoms with Gasteiger partial charge in [0.05, 0.1) is 0 Å². The zero-order valence-electron chi connectivity index (χ0n) is 10.2. The van der Waals surface area contributed by atoms with Crippen LogP contribution in [-0.4, -0.2) is 25.7 Å². The lowest BCUT2D eigenvalue weighted by Gasteiger charge is -2.20. The van der Waals surface area contributed by atoms with Gasteiger partial charge in [-0.1, -0.05) is 6.42 Å². The summed E-state index contributed by atoms with van der Waals surface area (Å²) >= 11 is 0. The van der Waals surface area contributed by atoms with Crippen LogP contribution in [0, 0.1) is 17.8 Å². The van der Waals surface area contributed by atoms with Crippen molar-refractivity contribution in [1.29, 1.82) is 0 Å². The van der Waals surface area contributed by atoms with E-state index in [9.17, 15) is 4.79 Å². The monoisotopic (exact) mass is 225 g/mol. The second kappa shape index (κ2) is 5.67. The second-order valence-corrected chi connectivity index (χ2v) is 5.12. The fraction of sp³-hybridized carbons (Fsp3) is 0.923. The highest BCUT2D eigenvalue weighted by Crippen LogP contribution is 2.48. The van der Waals surface area contributed by atoms with E-state index in [4.69, 9.17) is 4.74 Å².